The number of rotatable bonds is 2. The Morgan fingerprint density at radius 3 is 2.59 bits per heavy atom. The van der Waals surface area contributed by atoms with Crippen LogP contribution in [0.25, 0.3) is 0 Å². The van der Waals surface area contributed by atoms with Gasteiger partial charge in [-0.15, -0.1) is 0 Å². The average Bonchev–Trinajstić information content (AvgIpc) is 2.64. The Bertz CT molecular complexity index is 533. The molecule has 1 aliphatic rings. The molecule has 2 rings (SSSR count). The highest BCUT2D eigenvalue weighted by molar-refractivity contribution is 9.11. The third-order valence-corrected chi connectivity index (χ3v) is 6.03. The molecule has 0 aromatic heterocycles. The van der Waals surface area contributed by atoms with Gasteiger partial charge in [0.1, 0.15) is 0 Å². The van der Waals surface area contributed by atoms with E-state index in [0.717, 1.165) is 4.47 Å². The van der Waals surface area contributed by atoms with Crippen LogP contribution in [0.5, 0.6) is 0 Å². The molecule has 4 nitrogen and oxygen atoms in total. The van der Waals surface area contributed by atoms with Crippen molar-refractivity contribution in [3.63, 3.8) is 0 Å². The van der Waals surface area contributed by atoms with Crippen molar-refractivity contribution in [3.8, 4) is 0 Å². The quantitative estimate of drug-likeness (QED) is 0.848. The molecule has 1 fully saturated rings. The van der Waals surface area contributed by atoms with Gasteiger partial charge in [0.15, 0.2) is 0 Å². The molecule has 1 atom stereocenters. The van der Waals surface area contributed by atoms with Crippen molar-refractivity contribution in [1.29, 1.82) is 0 Å². The average molecular weight is 384 g/mol. The lowest BCUT2D eigenvalue weighted by Gasteiger charge is -2.17. The van der Waals surface area contributed by atoms with Crippen LogP contribution in [0, 0.1) is 0 Å². The van der Waals surface area contributed by atoms with Gasteiger partial charge in [-0.1, -0.05) is 15.9 Å². The number of sulfonamides is 1. The Morgan fingerprint density at radius 2 is 2.06 bits per heavy atom. The van der Waals surface area contributed by atoms with Crippen LogP contribution < -0.4 is 5.73 Å². The number of nitrogens with two attached hydrogens (primary N) is 1. The second kappa shape index (κ2) is 4.97. The lowest BCUT2D eigenvalue weighted by atomic mass is 10.3. The smallest absolute Gasteiger partial charge is 0.244 e. The maximum atomic E-state index is 12.3. The van der Waals surface area contributed by atoms with Crippen molar-refractivity contribution < 1.29 is 8.42 Å². The minimum atomic E-state index is -3.43. The maximum Gasteiger partial charge on any atom is 0.244 e. The zero-order valence-electron chi connectivity index (χ0n) is 8.94. The van der Waals surface area contributed by atoms with E-state index in [0.29, 0.717) is 24.0 Å². The number of hydrogen-bond acceptors (Lipinski definition) is 3. The van der Waals surface area contributed by atoms with Gasteiger partial charge in [-0.3, -0.25) is 0 Å². The predicted octanol–water partition coefficient (Wildman–Crippen LogP) is 1.93. The number of nitrogens with zero attached hydrogens (tertiary/aromatic N) is 1. The molecule has 1 saturated heterocycles. The van der Waals surface area contributed by atoms with Crippen molar-refractivity contribution in [2.24, 2.45) is 5.73 Å². The Hall–Kier alpha value is 0.0500. The Labute approximate surface area is 117 Å². The van der Waals surface area contributed by atoms with Crippen LogP contribution in [0.15, 0.2) is 32.0 Å². The van der Waals surface area contributed by atoms with E-state index in [-0.39, 0.29) is 10.9 Å². The Morgan fingerprint density at radius 1 is 1.35 bits per heavy atom. The van der Waals surface area contributed by atoms with Gasteiger partial charge in [-0.2, -0.15) is 4.31 Å². The van der Waals surface area contributed by atoms with Crippen LogP contribution in [0.3, 0.4) is 0 Å². The SMILES string of the molecule is N[C@H]1CCN(S(=O)(=O)c2ccc(Br)cc2Br)C1. The summed E-state index contributed by atoms with van der Waals surface area (Å²) in [5, 5.41) is 0. The van der Waals surface area contributed by atoms with E-state index in [1.54, 1.807) is 18.2 Å². The van der Waals surface area contributed by atoms with Gasteiger partial charge in [0.25, 0.3) is 0 Å². The van der Waals surface area contributed by atoms with Crippen molar-refractivity contribution in [3.05, 3.63) is 27.1 Å². The van der Waals surface area contributed by atoms with Gasteiger partial charge in [-0.25, -0.2) is 8.42 Å². The van der Waals surface area contributed by atoms with E-state index in [1.165, 1.54) is 4.31 Å². The van der Waals surface area contributed by atoms with Crippen LogP contribution in [-0.2, 0) is 10.0 Å². The predicted molar refractivity (Wildman–Crippen MR) is 73.2 cm³/mol. The molecule has 17 heavy (non-hydrogen) atoms. The van der Waals surface area contributed by atoms with Crippen LogP contribution in [0.4, 0.5) is 0 Å². The van der Waals surface area contributed by atoms with Gasteiger partial charge in [-0.05, 0) is 40.5 Å². The first kappa shape index (κ1) is 13.5. The number of benzene rings is 1. The highest BCUT2D eigenvalue weighted by Crippen LogP contribution is 2.29. The number of hydrogen-bond donors (Lipinski definition) is 1. The van der Waals surface area contributed by atoms with Crippen molar-refractivity contribution in [2.45, 2.75) is 17.4 Å². The third-order valence-electron chi connectivity index (χ3n) is 2.70. The fourth-order valence-electron chi connectivity index (χ4n) is 1.80. The molecule has 7 heteroatoms. The van der Waals surface area contributed by atoms with Crippen LogP contribution in [-0.4, -0.2) is 31.9 Å². The van der Waals surface area contributed by atoms with Crippen molar-refractivity contribution >= 4 is 41.9 Å². The molecule has 94 valence electrons. The summed E-state index contributed by atoms with van der Waals surface area (Å²) in [5.41, 5.74) is 5.74. The van der Waals surface area contributed by atoms with E-state index in [9.17, 15) is 8.42 Å². The third kappa shape index (κ3) is 2.73. The Balaban J connectivity index is 2.38. The van der Waals surface area contributed by atoms with Crippen LogP contribution in [0.2, 0.25) is 0 Å². The summed E-state index contributed by atoms with van der Waals surface area (Å²) in [6.45, 7) is 0.886. The van der Waals surface area contributed by atoms with Crippen molar-refractivity contribution in [1.82, 2.24) is 4.31 Å². The van der Waals surface area contributed by atoms with Gasteiger partial charge >= 0.3 is 0 Å². The summed E-state index contributed by atoms with van der Waals surface area (Å²) in [7, 11) is -3.43. The molecule has 0 spiro atoms. The second-order valence-electron chi connectivity index (χ2n) is 3.99. The summed E-state index contributed by atoms with van der Waals surface area (Å²) >= 11 is 6.58. The minimum Gasteiger partial charge on any atom is -0.326 e. The van der Waals surface area contributed by atoms with Crippen LogP contribution >= 0.6 is 31.9 Å². The molecular weight excluding hydrogens is 372 g/mol. The molecule has 1 aliphatic heterocycles. The maximum absolute atomic E-state index is 12.3. The standard InChI is InChI=1S/C10H12Br2N2O2S/c11-7-1-2-10(9(12)5-7)17(15,16)14-4-3-8(13)6-14/h1-2,5,8H,3-4,6,13H2/t8-/m0/s1. The van der Waals surface area contributed by atoms with Crippen LogP contribution in [0.1, 0.15) is 6.42 Å². The van der Waals surface area contributed by atoms with E-state index in [2.05, 4.69) is 31.9 Å². The van der Waals surface area contributed by atoms with Crippen molar-refractivity contribution in [2.75, 3.05) is 13.1 Å². The first-order valence-electron chi connectivity index (χ1n) is 5.12. The molecule has 0 bridgehead atoms. The topological polar surface area (TPSA) is 63.4 Å². The molecule has 0 radical (unpaired) electrons. The molecule has 0 unspecified atom stereocenters. The molecular formula is C10H12Br2N2O2S. The summed E-state index contributed by atoms with van der Waals surface area (Å²) in [6, 6.07) is 4.98. The molecule has 1 aromatic rings. The minimum absolute atomic E-state index is 0.0565. The highest BCUT2D eigenvalue weighted by Gasteiger charge is 2.32. The summed E-state index contributed by atoms with van der Waals surface area (Å²) < 4.78 is 27.5. The molecule has 1 heterocycles. The van der Waals surface area contributed by atoms with Gasteiger partial charge in [0.05, 0.1) is 4.90 Å². The zero-order valence-corrected chi connectivity index (χ0v) is 12.9. The highest BCUT2D eigenvalue weighted by atomic mass is 79.9. The van der Waals surface area contributed by atoms with E-state index in [1.807, 2.05) is 0 Å². The molecule has 2 N–H and O–H groups in total. The monoisotopic (exact) mass is 382 g/mol. The van der Waals surface area contributed by atoms with Gasteiger partial charge in [0.2, 0.25) is 10.0 Å². The normalized spacial score (nSPS) is 21.9. The van der Waals surface area contributed by atoms with E-state index >= 15 is 0 Å². The molecule has 1 aromatic carbocycles. The molecule has 0 saturated carbocycles. The first-order chi connectivity index (χ1) is 7.91. The van der Waals surface area contributed by atoms with E-state index in [4.69, 9.17) is 5.73 Å². The number of halogens is 2. The molecule has 0 aliphatic carbocycles. The fraction of sp³-hybridized carbons (Fsp3) is 0.400. The first-order valence-corrected chi connectivity index (χ1v) is 8.14. The largest absolute Gasteiger partial charge is 0.326 e. The lowest BCUT2D eigenvalue weighted by Crippen LogP contribution is -2.32. The fourth-order valence-corrected chi connectivity index (χ4v) is 5.01. The van der Waals surface area contributed by atoms with E-state index < -0.39 is 10.0 Å². The summed E-state index contributed by atoms with van der Waals surface area (Å²) in [6.07, 6.45) is 0.716. The molecule has 0 amide bonds. The summed E-state index contributed by atoms with van der Waals surface area (Å²) in [4.78, 5) is 0.287. The Kier molecular flexibility index (Phi) is 3.94. The second-order valence-corrected chi connectivity index (χ2v) is 7.66. The summed E-state index contributed by atoms with van der Waals surface area (Å²) in [5.74, 6) is 0. The lowest BCUT2D eigenvalue weighted by molar-refractivity contribution is 0.472. The van der Waals surface area contributed by atoms with Gasteiger partial charge in [0, 0.05) is 28.1 Å². The zero-order chi connectivity index (χ0) is 12.6. The van der Waals surface area contributed by atoms with Gasteiger partial charge < -0.3 is 5.73 Å².